The molecule has 1 N–H and O–H groups in total. The normalized spacial score (nSPS) is 15.3. The molecular weight excluding hydrogens is 251 g/mol. The Labute approximate surface area is 111 Å². The van der Waals surface area contributed by atoms with Gasteiger partial charge in [0.15, 0.2) is 11.6 Å². The van der Waals surface area contributed by atoms with E-state index in [-0.39, 0.29) is 36.6 Å². The smallest absolute Gasteiger partial charge is 0.324 e. The van der Waals surface area contributed by atoms with Crippen molar-refractivity contribution in [1.29, 1.82) is 0 Å². The SMILES string of the molecule is CCC(C)C(=O)Nc1cc2c(c(F)c1F)COB2C. The third-order valence-corrected chi connectivity index (χ3v) is 3.58. The highest BCUT2D eigenvalue weighted by Gasteiger charge is 2.30. The van der Waals surface area contributed by atoms with Gasteiger partial charge in [0, 0.05) is 11.5 Å². The highest BCUT2D eigenvalue weighted by atomic mass is 19.2. The molecule has 0 aliphatic carbocycles. The van der Waals surface area contributed by atoms with Crippen LogP contribution in [0.3, 0.4) is 0 Å². The lowest BCUT2D eigenvalue weighted by molar-refractivity contribution is -0.119. The number of carbonyl (C=O) groups is 1. The Morgan fingerprint density at radius 3 is 2.84 bits per heavy atom. The van der Waals surface area contributed by atoms with Crippen molar-refractivity contribution in [3.63, 3.8) is 0 Å². The molecule has 1 unspecified atom stereocenters. The molecule has 0 aromatic heterocycles. The molecule has 1 aliphatic rings. The lowest BCUT2D eigenvalue weighted by atomic mass is 9.64. The van der Waals surface area contributed by atoms with Crippen LogP contribution >= 0.6 is 0 Å². The first-order valence-corrected chi connectivity index (χ1v) is 6.38. The second kappa shape index (κ2) is 5.29. The molecule has 1 aromatic carbocycles. The predicted octanol–water partition coefficient (Wildman–Crippen LogP) is 2.31. The second-order valence-electron chi connectivity index (χ2n) is 4.87. The van der Waals surface area contributed by atoms with Gasteiger partial charge >= 0.3 is 6.92 Å². The monoisotopic (exact) mass is 267 g/mol. The summed E-state index contributed by atoms with van der Waals surface area (Å²) in [5.41, 5.74) is 0.726. The van der Waals surface area contributed by atoms with Crippen LogP contribution in [0.4, 0.5) is 14.5 Å². The van der Waals surface area contributed by atoms with Crippen molar-refractivity contribution >= 4 is 24.0 Å². The zero-order chi connectivity index (χ0) is 14.2. The second-order valence-corrected chi connectivity index (χ2v) is 4.87. The van der Waals surface area contributed by atoms with Crippen LogP contribution in [0.15, 0.2) is 6.07 Å². The number of amides is 1. The third-order valence-electron chi connectivity index (χ3n) is 3.58. The number of nitrogens with one attached hydrogen (secondary N) is 1. The van der Waals surface area contributed by atoms with Gasteiger partial charge in [0.05, 0.1) is 12.3 Å². The van der Waals surface area contributed by atoms with Crippen LogP contribution in [-0.4, -0.2) is 12.8 Å². The van der Waals surface area contributed by atoms with Crippen LogP contribution in [-0.2, 0) is 16.1 Å². The van der Waals surface area contributed by atoms with Crippen molar-refractivity contribution in [3.8, 4) is 0 Å². The molecule has 1 heterocycles. The quantitative estimate of drug-likeness (QED) is 0.853. The maximum Gasteiger partial charge on any atom is 0.324 e. The van der Waals surface area contributed by atoms with Gasteiger partial charge < -0.3 is 9.97 Å². The molecule has 0 fully saturated rings. The zero-order valence-electron chi connectivity index (χ0n) is 11.2. The Morgan fingerprint density at radius 1 is 1.53 bits per heavy atom. The van der Waals surface area contributed by atoms with Crippen LogP contribution < -0.4 is 10.8 Å². The van der Waals surface area contributed by atoms with Crippen LogP contribution in [0.25, 0.3) is 0 Å². The first-order valence-electron chi connectivity index (χ1n) is 6.38. The standard InChI is InChI=1S/C13H16BF2NO2/c1-4-7(2)13(18)17-10-5-9-8(6-19-14(9)3)11(15)12(10)16/h5,7H,4,6H2,1-3H3,(H,17,18). The molecule has 1 amide bonds. The van der Waals surface area contributed by atoms with Crippen molar-refractivity contribution < 1.29 is 18.2 Å². The molecular formula is C13H16BF2NO2. The number of hydrogen-bond donors (Lipinski definition) is 1. The van der Waals surface area contributed by atoms with E-state index >= 15 is 0 Å². The van der Waals surface area contributed by atoms with Gasteiger partial charge in [0.2, 0.25) is 5.91 Å². The van der Waals surface area contributed by atoms with E-state index in [2.05, 4.69) is 5.32 Å². The number of carbonyl (C=O) groups excluding carboxylic acids is 1. The molecule has 0 bridgehead atoms. The summed E-state index contributed by atoms with van der Waals surface area (Å²) >= 11 is 0. The number of halogens is 2. The predicted molar refractivity (Wildman–Crippen MR) is 70.5 cm³/mol. The fraction of sp³-hybridized carbons (Fsp3) is 0.462. The maximum atomic E-state index is 13.9. The lowest BCUT2D eigenvalue weighted by Gasteiger charge is -2.13. The minimum Gasteiger partial charge on any atom is -0.427 e. The summed E-state index contributed by atoms with van der Waals surface area (Å²) in [6.07, 6.45) is 0.639. The number of rotatable bonds is 3. The van der Waals surface area contributed by atoms with Gasteiger partial charge in [0.25, 0.3) is 0 Å². The zero-order valence-corrected chi connectivity index (χ0v) is 11.2. The average Bonchev–Trinajstić information content (AvgIpc) is 2.76. The molecule has 0 saturated carbocycles. The first-order chi connectivity index (χ1) is 8.95. The van der Waals surface area contributed by atoms with Crippen molar-refractivity contribution in [2.24, 2.45) is 5.92 Å². The largest absolute Gasteiger partial charge is 0.427 e. The maximum absolute atomic E-state index is 13.9. The molecule has 0 spiro atoms. The summed E-state index contributed by atoms with van der Waals surface area (Å²) in [6, 6.07) is 1.46. The molecule has 2 rings (SSSR count). The Morgan fingerprint density at radius 2 is 2.21 bits per heavy atom. The Bertz CT molecular complexity index is 522. The van der Waals surface area contributed by atoms with Crippen LogP contribution in [0.1, 0.15) is 25.8 Å². The minimum absolute atomic E-state index is 0.0683. The minimum atomic E-state index is -1.02. The Hall–Kier alpha value is -1.43. The van der Waals surface area contributed by atoms with Gasteiger partial charge in [0.1, 0.15) is 0 Å². The van der Waals surface area contributed by atoms with Gasteiger partial charge in [-0.25, -0.2) is 8.78 Å². The van der Waals surface area contributed by atoms with E-state index in [1.807, 2.05) is 6.92 Å². The molecule has 6 heteroatoms. The third kappa shape index (κ3) is 2.49. The van der Waals surface area contributed by atoms with Gasteiger partial charge in [-0.15, -0.1) is 0 Å². The molecule has 19 heavy (non-hydrogen) atoms. The number of hydrogen-bond acceptors (Lipinski definition) is 2. The molecule has 1 aromatic rings. The van der Waals surface area contributed by atoms with E-state index in [0.717, 1.165) is 0 Å². The summed E-state index contributed by atoms with van der Waals surface area (Å²) in [7, 11) is 0. The van der Waals surface area contributed by atoms with Crippen molar-refractivity contribution in [2.45, 2.75) is 33.7 Å². The van der Waals surface area contributed by atoms with Gasteiger partial charge in [-0.1, -0.05) is 20.7 Å². The fourth-order valence-electron chi connectivity index (χ4n) is 2.02. The van der Waals surface area contributed by atoms with Crippen molar-refractivity contribution in [2.75, 3.05) is 5.32 Å². The van der Waals surface area contributed by atoms with E-state index in [9.17, 15) is 13.6 Å². The van der Waals surface area contributed by atoms with E-state index in [4.69, 9.17) is 4.65 Å². The molecule has 102 valence electrons. The van der Waals surface area contributed by atoms with Gasteiger partial charge in [-0.05, 0) is 17.9 Å². The summed E-state index contributed by atoms with van der Waals surface area (Å²) in [5.74, 6) is -2.51. The van der Waals surface area contributed by atoms with Gasteiger partial charge in [-0.3, -0.25) is 4.79 Å². The van der Waals surface area contributed by atoms with Crippen LogP contribution in [0.5, 0.6) is 0 Å². The molecule has 0 saturated heterocycles. The Kier molecular flexibility index (Phi) is 3.89. The Balaban J connectivity index is 2.35. The highest BCUT2D eigenvalue weighted by molar-refractivity contribution is 6.67. The number of anilines is 1. The van der Waals surface area contributed by atoms with Crippen molar-refractivity contribution in [1.82, 2.24) is 0 Å². The van der Waals surface area contributed by atoms with Crippen LogP contribution in [0.2, 0.25) is 6.82 Å². The van der Waals surface area contributed by atoms with Gasteiger partial charge in [-0.2, -0.15) is 0 Å². The van der Waals surface area contributed by atoms with E-state index in [1.54, 1.807) is 13.7 Å². The van der Waals surface area contributed by atoms with Crippen molar-refractivity contribution in [3.05, 3.63) is 23.3 Å². The molecule has 3 nitrogen and oxygen atoms in total. The molecule has 0 radical (unpaired) electrons. The average molecular weight is 267 g/mol. The van der Waals surface area contributed by atoms with E-state index in [1.165, 1.54) is 6.07 Å². The van der Waals surface area contributed by atoms with E-state index in [0.29, 0.717) is 11.9 Å². The molecule has 1 aliphatic heterocycles. The first kappa shape index (κ1) is 14.0. The van der Waals surface area contributed by atoms with E-state index < -0.39 is 11.6 Å². The van der Waals surface area contributed by atoms with Crippen LogP contribution in [0, 0.1) is 17.6 Å². The fourth-order valence-corrected chi connectivity index (χ4v) is 2.02. The lowest BCUT2D eigenvalue weighted by Crippen LogP contribution is -2.28. The number of benzene rings is 1. The summed E-state index contributed by atoms with van der Waals surface area (Å²) in [5, 5.41) is 2.44. The summed E-state index contributed by atoms with van der Waals surface area (Å²) in [6.45, 7) is 5.15. The topological polar surface area (TPSA) is 38.3 Å². The highest BCUT2D eigenvalue weighted by Crippen LogP contribution is 2.24. The number of fused-ring (bicyclic) bond motifs is 1. The molecule has 1 atom stereocenters. The summed E-state index contributed by atoms with van der Waals surface area (Å²) in [4.78, 5) is 11.8. The summed E-state index contributed by atoms with van der Waals surface area (Å²) < 4.78 is 33.0.